The Morgan fingerprint density at radius 1 is 0.952 bits per heavy atom. The van der Waals surface area contributed by atoms with E-state index >= 15 is 0 Å². The quantitative estimate of drug-likeness (QED) is 0.119. The van der Waals surface area contributed by atoms with Gasteiger partial charge in [-0.05, 0) is 50.2 Å². The van der Waals surface area contributed by atoms with Crippen LogP contribution in [0.4, 0.5) is 0 Å². The normalized spacial score (nSPS) is 14.5. The van der Waals surface area contributed by atoms with Crippen LogP contribution < -0.4 is 10.6 Å². The van der Waals surface area contributed by atoms with Gasteiger partial charge in [-0.25, -0.2) is 0 Å². The number of aliphatic hydroxyl groups excluding tert-OH is 1. The predicted octanol–water partition coefficient (Wildman–Crippen LogP) is 4.70. The first-order valence-corrected chi connectivity index (χ1v) is 14.5. The van der Waals surface area contributed by atoms with Crippen molar-refractivity contribution in [3.63, 3.8) is 0 Å². The van der Waals surface area contributed by atoms with Crippen molar-refractivity contribution in [1.29, 1.82) is 0 Å². The minimum atomic E-state index is -0.826. The highest BCUT2D eigenvalue weighted by molar-refractivity contribution is 5.86. The van der Waals surface area contributed by atoms with Gasteiger partial charge >= 0.3 is 5.97 Å². The van der Waals surface area contributed by atoms with Gasteiger partial charge in [0.1, 0.15) is 6.10 Å². The van der Waals surface area contributed by atoms with Gasteiger partial charge in [-0.2, -0.15) is 0 Å². The Hall–Kier alpha value is -3.75. The molecule has 8 nitrogen and oxygen atoms in total. The number of rotatable bonds is 20. The number of allylic oxidation sites excluding steroid dienone is 2. The molecular formula is C34H46N2O6. The lowest BCUT2D eigenvalue weighted by atomic mass is 9.93. The van der Waals surface area contributed by atoms with E-state index in [1.165, 1.54) is 7.11 Å². The molecule has 0 radical (unpaired) electrons. The summed E-state index contributed by atoms with van der Waals surface area (Å²) in [7, 11) is 1.52. The van der Waals surface area contributed by atoms with E-state index in [1.54, 1.807) is 13.0 Å². The number of esters is 1. The minimum absolute atomic E-state index is 0.0763. The van der Waals surface area contributed by atoms with Gasteiger partial charge in [0.15, 0.2) is 0 Å². The molecule has 0 aliphatic rings. The van der Waals surface area contributed by atoms with Crippen LogP contribution >= 0.6 is 0 Å². The maximum absolute atomic E-state index is 13.7. The molecule has 42 heavy (non-hydrogen) atoms. The smallest absolute Gasteiger partial charge is 0.309 e. The number of unbranched alkanes of at least 4 members (excludes halogenated alkanes) is 1. The number of ether oxygens (including phenoxy) is 2. The van der Waals surface area contributed by atoms with Crippen LogP contribution in [0.2, 0.25) is 0 Å². The van der Waals surface area contributed by atoms with Crippen molar-refractivity contribution < 1.29 is 29.0 Å². The maximum Gasteiger partial charge on any atom is 0.309 e. The molecule has 2 aromatic rings. The number of methoxy groups -OCH3 is 1. The average Bonchev–Trinajstić information content (AvgIpc) is 2.99. The second kappa shape index (κ2) is 19.4. The van der Waals surface area contributed by atoms with Crippen molar-refractivity contribution in [3.8, 4) is 0 Å². The summed E-state index contributed by atoms with van der Waals surface area (Å²) in [6.45, 7) is 9.08. The second-order valence-electron chi connectivity index (χ2n) is 10.5. The van der Waals surface area contributed by atoms with E-state index in [4.69, 9.17) is 9.47 Å². The standard InChI is InChI=1S/C34H46N2O6/c1-5-7-10-20-29(21-26-16-11-8-12-17-26)34(40)42-32(27-18-13-9-14-19-27)30(24-41-4)36-33(39)28(15-6-2)22-31(38)35-25(3)23-37/h5-6,8-9,11-14,16-19,25,28-30,32,37H,1-2,7,10,15,20-24H2,3-4H3,(H,35,38)(H,36,39)/t25-,28+,29+,30-,32-/m0/s1. The summed E-state index contributed by atoms with van der Waals surface area (Å²) in [4.78, 5) is 39.7. The predicted molar refractivity (Wildman–Crippen MR) is 164 cm³/mol. The van der Waals surface area contributed by atoms with Gasteiger partial charge in [-0.1, -0.05) is 72.8 Å². The first kappa shape index (κ1) is 34.5. The zero-order chi connectivity index (χ0) is 30.7. The molecule has 2 rings (SSSR count). The van der Waals surface area contributed by atoms with Crippen molar-refractivity contribution in [2.75, 3.05) is 20.3 Å². The summed E-state index contributed by atoms with van der Waals surface area (Å²) in [5, 5.41) is 14.9. The van der Waals surface area contributed by atoms with Gasteiger partial charge in [0.25, 0.3) is 0 Å². The molecule has 0 spiro atoms. The van der Waals surface area contributed by atoms with E-state index in [1.807, 2.05) is 66.7 Å². The van der Waals surface area contributed by atoms with Crippen molar-refractivity contribution in [3.05, 3.63) is 97.1 Å². The molecule has 0 saturated carbocycles. The number of amides is 2. The van der Waals surface area contributed by atoms with Gasteiger partial charge in [0.05, 0.1) is 31.1 Å². The molecule has 0 fully saturated rings. The molecule has 3 N–H and O–H groups in total. The highest BCUT2D eigenvalue weighted by Crippen LogP contribution is 2.27. The van der Waals surface area contributed by atoms with Crippen LogP contribution in [0.15, 0.2) is 86.0 Å². The van der Waals surface area contributed by atoms with Crippen LogP contribution in [0.25, 0.3) is 0 Å². The van der Waals surface area contributed by atoms with Crippen molar-refractivity contribution >= 4 is 17.8 Å². The maximum atomic E-state index is 13.7. The van der Waals surface area contributed by atoms with Crippen LogP contribution in [-0.4, -0.2) is 55.3 Å². The summed E-state index contributed by atoms with van der Waals surface area (Å²) >= 11 is 0. The zero-order valence-corrected chi connectivity index (χ0v) is 24.9. The van der Waals surface area contributed by atoms with Crippen LogP contribution in [0.3, 0.4) is 0 Å². The number of benzene rings is 2. The number of hydrogen-bond donors (Lipinski definition) is 3. The van der Waals surface area contributed by atoms with Crippen molar-refractivity contribution in [2.45, 2.75) is 63.6 Å². The molecule has 2 amide bonds. The van der Waals surface area contributed by atoms with Crippen molar-refractivity contribution in [2.24, 2.45) is 11.8 Å². The second-order valence-corrected chi connectivity index (χ2v) is 10.5. The number of carbonyl (C=O) groups excluding carboxylic acids is 3. The fourth-order valence-corrected chi connectivity index (χ4v) is 4.73. The molecule has 0 heterocycles. The van der Waals surface area contributed by atoms with E-state index in [-0.39, 0.29) is 49.8 Å². The molecule has 0 saturated heterocycles. The van der Waals surface area contributed by atoms with E-state index < -0.39 is 24.1 Å². The SMILES string of the molecule is C=CCCC[C@H](Cc1ccccc1)C(=O)O[C@@H](c1ccccc1)[C@H](COC)NC(=O)[C@H](CC=C)CC(=O)N[C@@H](C)CO. The first-order valence-electron chi connectivity index (χ1n) is 14.5. The lowest BCUT2D eigenvalue weighted by molar-refractivity contribution is -0.158. The molecule has 0 aromatic heterocycles. The highest BCUT2D eigenvalue weighted by atomic mass is 16.5. The third kappa shape index (κ3) is 12.0. The number of carbonyl (C=O) groups is 3. The van der Waals surface area contributed by atoms with E-state index in [0.29, 0.717) is 18.4 Å². The monoisotopic (exact) mass is 578 g/mol. The largest absolute Gasteiger partial charge is 0.455 e. The van der Waals surface area contributed by atoms with E-state index in [9.17, 15) is 19.5 Å². The molecule has 5 atom stereocenters. The lowest BCUT2D eigenvalue weighted by Crippen LogP contribution is -2.47. The number of nitrogens with one attached hydrogen (secondary N) is 2. The fourth-order valence-electron chi connectivity index (χ4n) is 4.73. The molecule has 0 aliphatic heterocycles. The molecular weight excluding hydrogens is 532 g/mol. The third-order valence-electron chi connectivity index (χ3n) is 6.96. The van der Waals surface area contributed by atoms with Gasteiger partial charge in [-0.15, -0.1) is 13.2 Å². The Kier molecular flexibility index (Phi) is 15.9. The van der Waals surface area contributed by atoms with E-state index in [2.05, 4.69) is 23.8 Å². The molecule has 0 unspecified atom stereocenters. The Balaban J connectivity index is 2.31. The van der Waals surface area contributed by atoms with Crippen LogP contribution in [0.5, 0.6) is 0 Å². The number of aliphatic hydroxyl groups is 1. The molecule has 2 aromatic carbocycles. The van der Waals surface area contributed by atoms with Gasteiger partial charge in [0, 0.05) is 19.6 Å². The van der Waals surface area contributed by atoms with Gasteiger partial charge in [-0.3, -0.25) is 14.4 Å². The lowest BCUT2D eigenvalue weighted by Gasteiger charge is -2.30. The summed E-state index contributed by atoms with van der Waals surface area (Å²) in [5.74, 6) is -2.18. The van der Waals surface area contributed by atoms with Gasteiger partial charge in [0.2, 0.25) is 11.8 Å². The summed E-state index contributed by atoms with van der Waals surface area (Å²) in [5.41, 5.74) is 1.75. The Morgan fingerprint density at radius 2 is 1.62 bits per heavy atom. The Morgan fingerprint density at radius 3 is 2.21 bits per heavy atom. The topological polar surface area (TPSA) is 114 Å². The summed E-state index contributed by atoms with van der Waals surface area (Å²) in [6, 6.07) is 17.9. The average molecular weight is 579 g/mol. The van der Waals surface area contributed by atoms with Crippen LogP contribution in [-0.2, 0) is 30.3 Å². The van der Waals surface area contributed by atoms with E-state index in [0.717, 1.165) is 18.4 Å². The zero-order valence-electron chi connectivity index (χ0n) is 24.9. The van der Waals surface area contributed by atoms with Crippen LogP contribution in [0.1, 0.15) is 56.3 Å². The first-order chi connectivity index (χ1) is 20.3. The minimum Gasteiger partial charge on any atom is -0.455 e. The fraction of sp³-hybridized carbons (Fsp3) is 0.441. The van der Waals surface area contributed by atoms with Gasteiger partial charge < -0.3 is 25.2 Å². The molecule has 0 bridgehead atoms. The highest BCUT2D eigenvalue weighted by Gasteiger charge is 2.33. The van der Waals surface area contributed by atoms with Crippen LogP contribution in [0, 0.1) is 11.8 Å². The Labute approximate surface area is 250 Å². The van der Waals surface area contributed by atoms with Crippen molar-refractivity contribution in [1.82, 2.24) is 10.6 Å². The Bertz CT molecular complexity index is 1110. The summed E-state index contributed by atoms with van der Waals surface area (Å²) < 4.78 is 11.7. The molecule has 8 heteroatoms. The molecule has 0 aliphatic carbocycles. The molecule has 228 valence electrons. The summed E-state index contributed by atoms with van der Waals surface area (Å²) in [6.07, 6.45) is 5.53. The number of hydrogen-bond acceptors (Lipinski definition) is 6. The third-order valence-corrected chi connectivity index (χ3v) is 6.96.